The summed E-state index contributed by atoms with van der Waals surface area (Å²) in [5.41, 5.74) is 1.08. The molecule has 98 valence electrons. The molecule has 1 fully saturated rings. The van der Waals surface area contributed by atoms with Crippen molar-refractivity contribution >= 4 is 21.8 Å². The van der Waals surface area contributed by atoms with E-state index in [2.05, 4.69) is 21.2 Å². The molecule has 2 rings (SSSR count). The van der Waals surface area contributed by atoms with Crippen LogP contribution in [0.25, 0.3) is 0 Å². The maximum atomic E-state index is 11.8. The van der Waals surface area contributed by atoms with E-state index in [1.54, 1.807) is 0 Å². The van der Waals surface area contributed by atoms with E-state index >= 15 is 0 Å². The molecule has 0 aromatic heterocycles. The van der Waals surface area contributed by atoms with Gasteiger partial charge in [-0.1, -0.05) is 52.7 Å². The van der Waals surface area contributed by atoms with Gasteiger partial charge in [0, 0.05) is 11.4 Å². The van der Waals surface area contributed by atoms with Gasteiger partial charge in [0.2, 0.25) is 5.91 Å². The number of carbonyl (C=O) groups is 1. The minimum atomic E-state index is 0.137. The Labute approximate surface area is 117 Å². The molecule has 2 nitrogen and oxygen atoms in total. The minimum Gasteiger partial charge on any atom is -0.356 e. The lowest BCUT2D eigenvalue weighted by atomic mass is 9.89. The maximum Gasteiger partial charge on any atom is 0.224 e. The van der Waals surface area contributed by atoms with Crippen LogP contribution in [0.15, 0.2) is 30.3 Å². The minimum absolute atomic E-state index is 0.137. The van der Waals surface area contributed by atoms with Crippen LogP contribution in [0, 0.1) is 5.92 Å². The van der Waals surface area contributed by atoms with Crippen LogP contribution in [-0.2, 0) is 11.2 Å². The Kier molecular flexibility index (Phi) is 5.24. The van der Waals surface area contributed by atoms with Crippen molar-refractivity contribution in [1.82, 2.24) is 5.32 Å². The van der Waals surface area contributed by atoms with Crippen molar-refractivity contribution in [2.45, 2.75) is 36.9 Å². The molecule has 0 aliphatic heterocycles. The number of alkyl halides is 1. The molecule has 1 N–H and O–H groups in total. The third-order valence-corrected chi connectivity index (χ3v) is 4.35. The molecule has 0 heterocycles. The fourth-order valence-electron chi connectivity index (χ4n) is 2.51. The first-order chi connectivity index (χ1) is 8.74. The number of hydrogen-bond donors (Lipinski definition) is 1. The lowest BCUT2D eigenvalue weighted by Crippen LogP contribution is -2.32. The second-order valence-electron chi connectivity index (χ2n) is 5.10. The average molecular weight is 310 g/mol. The van der Waals surface area contributed by atoms with Crippen molar-refractivity contribution in [3.63, 3.8) is 0 Å². The quantitative estimate of drug-likeness (QED) is 0.850. The van der Waals surface area contributed by atoms with E-state index in [-0.39, 0.29) is 5.91 Å². The van der Waals surface area contributed by atoms with Crippen LogP contribution in [0.4, 0.5) is 0 Å². The number of nitrogens with one attached hydrogen (secondary N) is 1. The molecule has 1 aromatic rings. The zero-order chi connectivity index (χ0) is 12.8. The molecule has 0 radical (unpaired) electrons. The van der Waals surface area contributed by atoms with E-state index in [1.165, 1.54) is 25.7 Å². The van der Waals surface area contributed by atoms with E-state index < -0.39 is 0 Å². The van der Waals surface area contributed by atoms with Crippen LogP contribution < -0.4 is 5.32 Å². The first-order valence-electron chi connectivity index (χ1n) is 6.68. The van der Waals surface area contributed by atoms with Crippen molar-refractivity contribution in [3.8, 4) is 0 Å². The molecular weight excluding hydrogens is 290 g/mol. The Morgan fingerprint density at radius 1 is 1.28 bits per heavy atom. The van der Waals surface area contributed by atoms with E-state index in [0.29, 0.717) is 17.2 Å². The standard InChI is InChI=1S/C15H20BrNO/c16-14-8-4-7-13(9-14)11-17-15(18)10-12-5-2-1-3-6-12/h1-3,5-6,13-14H,4,7-11H2,(H,17,18). The van der Waals surface area contributed by atoms with Crippen LogP contribution >= 0.6 is 15.9 Å². The number of benzene rings is 1. The van der Waals surface area contributed by atoms with Gasteiger partial charge in [0.05, 0.1) is 6.42 Å². The van der Waals surface area contributed by atoms with Crippen molar-refractivity contribution in [2.24, 2.45) is 5.92 Å². The first kappa shape index (κ1) is 13.6. The van der Waals surface area contributed by atoms with Crippen molar-refractivity contribution in [3.05, 3.63) is 35.9 Å². The van der Waals surface area contributed by atoms with E-state index in [4.69, 9.17) is 0 Å². The molecule has 2 atom stereocenters. The number of carbonyl (C=O) groups excluding carboxylic acids is 1. The lowest BCUT2D eigenvalue weighted by molar-refractivity contribution is -0.120. The fourth-order valence-corrected chi connectivity index (χ4v) is 3.37. The van der Waals surface area contributed by atoms with Gasteiger partial charge in [0.25, 0.3) is 0 Å². The van der Waals surface area contributed by atoms with Crippen molar-refractivity contribution < 1.29 is 4.79 Å². The summed E-state index contributed by atoms with van der Waals surface area (Å²) < 4.78 is 0. The Morgan fingerprint density at radius 3 is 2.78 bits per heavy atom. The highest BCUT2D eigenvalue weighted by atomic mass is 79.9. The predicted octanol–water partition coefficient (Wildman–Crippen LogP) is 3.30. The molecule has 1 amide bonds. The van der Waals surface area contributed by atoms with Gasteiger partial charge in [-0.15, -0.1) is 0 Å². The smallest absolute Gasteiger partial charge is 0.224 e. The van der Waals surface area contributed by atoms with Gasteiger partial charge in [-0.3, -0.25) is 4.79 Å². The van der Waals surface area contributed by atoms with Gasteiger partial charge in [-0.05, 0) is 30.7 Å². The second kappa shape index (κ2) is 6.93. The average Bonchev–Trinajstić information content (AvgIpc) is 2.38. The summed E-state index contributed by atoms with van der Waals surface area (Å²) in [6.45, 7) is 0.827. The van der Waals surface area contributed by atoms with Crippen LogP contribution in [0.3, 0.4) is 0 Å². The van der Waals surface area contributed by atoms with Gasteiger partial charge < -0.3 is 5.32 Å². The SMILES string of the molecule is O=C(Cc1ccccc1)NCC1CCCC(Br)C1. The molecular formula is C15H20BrNO. The normalized spacial score (nSPS) is 23.6. The topological polar surface area (TPSA) is 29.1 Å². The molecule has 1 aliphatic rings. The molecule has 0 spiro atoms. The molecule has 0 bridgehead atoms. The third-order valence-electron chi connectivity index (χ3n) is 3.51. The number of hydrogen-bond acceptors (Lipinski definition) is 1. The molecule has 1 aromatic carbocycles. The van der Waals surface area contributed by atoms with Gasteiger partial charge in [0.1, 0.15) is 0 Å². The summed E-state index contributed by atoms with van der Waals surface area (Å²) >= 11 is 3.68. The van der Waals surface area contributed by atoms with Crippen LogP contribution in [0.2, 0.25) is 0 Å². The zero-order valence-corrected chi connectivity index (χ0v) is 12.2. The van der Waals surface area contributed by atoms with Crippen molar-refractivity contribution in [2.75, 3.05) is 6.54 Å². The molecule has 1 aliphatic carbocycles. The molecule has 1 saturated carbocycles. The van der Waals surface area contributed by atoms with Gasteiger partial charge in [-0.25, -0.2) is 0 Å². The Morgan fingerprint density at radius 2 is 2.06 bits per heavy atom. The highest BCUT2D eigenvalue weighted by molar-refractivity contribution is 9.09. The monoisotopic (exact) mass is 309 g/mol. The summed E-state index contributed by atoms with van der Waals surface area (Å²) in [5, 5.41) is 3.06. The van der Waals surface area contributed by atoms with E-state index in [0.717, 1.165) is 12.1 Å². The highest BCUT2D eigenvalue weighted by Crippen LogP contribution is 2.28. The second-order valence-corrected chi connectivity index (χ2v) is 6.39. The molecule has 2 unspecified atom stereocenters. The maximum absolute atomic E-state index is 11.8. The summed E-state index contributed by atoms with van der Waals surface area (Å²) in [5.74, 6) is 0.778. The summed E-state index contributed by atoms with van der Waals surface area (Å²) in [6.07, 6.45) is 5.47. The number of halogens is 1. The molecule has 0 saturated heterocycles. The Balaban J connectivity index is 1.71. The van der Waals surface area contributed by atoms with Gasteiger partial charge >= 0.3 is 0 Å². The third kappa shape index (κ3) is 4.45. The van der Waals surface area contributed by atoms with Gasteiger partial charge in [0.15, 0.2) is 0 Å². The largest absolute Gasteiger partial charge is 0.356 e. The van der Waals surface area contributed by atoms with Crippen molar-refractivity contribution in [1.29, 1.82) is 0 Å². The van der Waals surface area contributed by atoms with Crippen LogP contribution in [0.1, 0.15) is 31.2 Å². The predicted molar refractivity (Wildman–Crippen MR) is 77.8 cm³/mol. The first-order valence-corrected chi connectivity index (χ1v) is 7.60. The summed E-state index contributed by atoms with van der Waals surface area (Å²) in [7, 11) is 0. The fraction of sp³-hybridized carbons (Fsp3) is 0.533. The number of amides is 1. The van der Waals surface area contributed by atoms with Crippen LogP contribution in [-0.4, -0.2) is 17.3 Å². The lowest BCUT2D eigenvalue weighted by Gasteiger charge is -2.25. The molecule has 3 heteroatoms. The Bertz CT molecular complexity index is 379. The Hall–Kier alpha value is -0.830. The molecule has 18 heavy (non-hydrogen) atoms. The zero-order valence-electron chi connectivity index (χ0n) is 10.6. The number of rotatable bonds is 4. The van der Waals surface area contributed by atoms with E-state index in [9.17, 15) is 4.79 Å². The summed E-state index contributed by atoms with van der Waals surface area (Å²) in [4.78, 5) is 12.5. The van der Waals surface area contributed by atoms with E-state index in [1.807, 2.05) is 30.3 Å². The highest BCUT2D eigenvalue weighted by Gasteiger charge is 2.20. The van der Waals surface area contributed by atoms with Crippen LogP contribution in [0.5, 0.6) is 0 Å². The summed E-state index contributed by atoms with van der Waals surface area (Å²) in [6, 6.07) is 9.90. The van der Waals surface area contributed by atoms with Gasteiger partial charge in [-0.2, -0.15) is 0 Å².